The van der Waals surface area contributed by atoms with Crippen LogP contribution in [-0.2, 0) is 6.18 Å². The Labute approximate surface area is 105 Å². The first-order valence-electron chi connectivity index (χ1n) is 5.08. The average molecular weight is 271 g/mol. The van der Waals surface area contributed by atoms with Gasteiger partial charge in [-0.05, 0) is 29.5 Å². The Morgan fingerprint density at radius 2 is 1.89 bits per heavy atom. The summed E-state index contributed by atoms with van der Waals surface area (Å²) in [4.78, 5) is 0. The third-order valence-electron chi connectivity index (χ3n) is 2.39. The Bertz CT molecular complexity index is 602. The molecule has 100 valence electrons. The van der Waals surface area contributed by atoms with Gasteiger partial charge in [0.1, 0.15) is 0 Å². The van der Waals surface area contributed by atoms with Crippen LogP contribution in [0.5, 0.6) is 0 Å². The molecule has 0 aliphatic heterocycles. The maximum Gasteiger partial charge on any atom is 0.416 e. The number of hydrogen-bond acceptors (Lipinski definition) is 5. The first-order chi connectivity index (χ1) is 8.93. The molecular formula is C10H8F3N5O. The topological polar surface area (TPSA) is 76.2 Å². The van der Waals surface area contributed by atoms with E-state index in [1.54, 1.807) is 6.92 Å². The summed E-state index contributed by atoms with van der Waals surface area (Å²) < 4.78 is 38.4. The van der Waals surface area contributed by atoms with Crippen LogP contribution in [0.1, 0.15) is 17.0 Å². The number of alkyl halides is 3. The van der Waals surface area contributed by atoms with Crippen LogP contribution in [0.4, 0.5) is 13.2 Å². The molecule has 0 bridgehead atoms. The Balaban J connectivity index is 2.39. The number of aryl methyl sites for hydroxylation is 1. The van der Waals surface area contributed by atoms with Crippen molar-refractivity contribution in [2.45, 2.75) is 13.1 Å². The number of tetrazole rings is 1. The van der Waals surface area contributed by atoms with Crippen LogP contribution in [0.15, 0.2) is 29.4 Å². The minimum Gasteiger partial charge on any atom is -0.409 e. The monoisotopic (exact) mass is 271 g/mol. The summed E-state index contributed by atoms with van der Waals surface area (Å²) in [6.07, 6.45) is -4.42. The Hall–Kier alpha value is -2.45. The molecular weight excluding hydrogens is 263 g/mol. The maximum absolute atomic E-state index is 12.4. The predicted octanol–water partition coefficient (Wildman–Crippen LogP) is 1.68. The van der Waals surface area contributed by atoms with E-state index in [9.17, 15) is 13.2 Å². The zero-order valence-corrected chi connectivity index (χ0v) is 9.63. The van der Waals surface area contributed by atoms with Gasteiger partial charge in [0.2, 0.25) is 5.84 Å². The van der Waals surface area contributed by atoms with Crippen molar-refractivity contribution in [3.63, 3.8) is 0 Å². The van der Waals surface area contributed by atoms with Crippen LogP contribution in [-0.4, -0.2) is 31.3 Å². The second kappa shape index (κ2) is 4.67. The van der Waals surface area contributed by atoms with Gasteiger partial charge >= 0.3 is 6.18 Å². The molecule has 0 saturated heterocycles. The fourth-order valence-electron chi connectivity index (χ4n) is 1.46. The second-order valence-corrected chi connectivity index (χ2v) is 3.64. The lowest BCUT2D eigenvalue weighted by molar-refractivity contribution is -0.137. The highest BCUT2D eigenvalue weighted by molar-refractivity contribution is 5.99. The lowest BCUT2D eigenvalue weighted by Crippen LogP contribution is -2.17. The van der Waals surface area contributed by atoms with Crippen LogP contribution in [0.2, 0.25) is 0 Å². The molecule has 0 aliphatic rings. The van der Waals surface area contributed by atoms with E-state index in [1.165, 1.54) is 12.1 Å². The molecule has 1 heterocycles. The Kier molecular flexibility index (Phi) is 3.19. The maximum atomic E-state index is 12.4. The Morgan fingerprint density at radius 3 is 2.32 bits per heavy atom. The smallest absolute Gasteiger partial charge is 0.409 e. The van der Waals surface area contributed by atoms with Gasteiger partial charge in [0.15, 0.2) is 5.82 Å². The number of oxime groups is 1. The third-order valence-corrected chi connectivity index (χ3v) is 2.39. The quantitative estimate of drug-likeness (QED) is 0.370. The SMILES string of the molecule is Cc1nnnn1C(=NO)c1ccc(C(F)(F)F)cc1. The molecule has 0 saturated carbocycles. The van der Waals surface area contributed by atoms with E-state index >= 15 is 0 Å². The zero-order chi connectivity index (χ0) is 14.0. The van der Waals surface area contributed by atoms with Crippen LogP contribution in [0.3, 0.4) is 0 Å². The minimum atomic E-state index is -4.42. The zero-order valence-electron chi connectivity index (χ0n) is 9.63. The predicted molar refractivity (Wildman–Crippen MR) is 57.7 cm³/mol. The van der Waals surface area contributed by atoms with E-state index in [4.69, 9.17) is 5.21 Å². The van der Waals surface area contributed by atoms with Gasteiger partial charge in [-0.2, -0.15) is 17.9 Å². The van der Waals surface area contributed by atoms with Crippen molar-refractivity contribution in [2.24, 2.45) is 5.16 Å². The van der Waals surface area contributed by atoms with Gasteiger partial charge in [-0.15, -0.1) is 5.10 Å². The number of hydrogen-bond donors (Lipinski definition) is 1. The van der Waals surface area contributed by atoms with Crippen LogP contribution < -0.4 is 0 Å². The molecule has 2 aromatic rings. The van der Waals surface area contributed by atoms with Crippen molar-refractivity contribution in [1.29, 1.82) is 0 Å². The molecule has 9 heteroatoms. The van der Waals surface area contributed by atoms with Gasteiger partial charge in [0, 0.05) is 5.56 Å². The molecule has 1 aromatic carbocycles. The standard InChI is InChI=1S/C10H8F3N5O/c1-6-14-16-17-18(6)9(15-19)7-2-4-8(5-3-7)10(11,12)13/h2-5,19H,1H3. The van der Waals surface area contributed by atoms with E-state index < -0.39 is 11.7 Å². The van der Waals surface area contributed by atoms with Crippen LogP contribution >= 0.6 is 0 Å². The first kappa shape index (κ1) is 13.0. The largest absolute Gasteiger partial charge is 0.416 e. The number of rotatable bonds is 1. The lowest BCUT2D eigenvalue weighted by atomic mass is 10.1. The van der Waals surface area contributed by atoms with Gasteiger partial charge in [-0.25, -0.2) is 0 Å². The third kappa shape index (κ3) is 2.54. The second-order valence-electron chi connectivity index (χ2n) is 3.64. The molecule has 1 aromatic heterocycles. The molecule has 0 spiro atoms. The van der Waals surface area contributed by atoms with E-state index in [0.717, 1.165) is 16.8 Å². The summed E-state index contributed by atoms with van der Waals surface area (Å²) in [7, 11) is 0. The summed E-state index contributed by atoms with van der Waals surface area (Å²) in [6.45, 7) is 1.56. The summed E-state index contributed by atoms with van der Waals surface area (Å²) in [6, 6.07) is 4.14. The molecule has 2 rings (SSSR count). The number of halogens is 3. The summed E-state index contributed by atoms with van der Waals surface area (Å²) in [5, 5.41) is 22.5. The molecule has 0 radical (unpaired) electrons. The van der Waals surface area contributed by atoms with Crippen molar-refractivity contribution in [3.8, 4) is 0 Å². The van der Waals surface area contributed by atoms with E-state index in [0.29, 0.717) is 5.82 Å². The first-order valence-corrected chi connectivity index (χ1v) is 5.08. The molecule has 0 amide bonds. The fourth-order valence-corrected chi connectivity index (χ4v) is 1.46. The Morgan fingerprint density at radius 1 is 1.26 bits per heavy atom. The minimum absolute atomic E-state index is 0.0591. The number of benzene rings is 1. The van der Waals surface area contributed by atoms with Gasteiger partial charge < -0.3 is 5.21 Å². The van der Waals surface area contributed by atoms with Crippen LogP contribution in [0.25, 0.3) is 0 Å². The molecule has 1 N–H and O–H groups in total. The molecule has 0 fully saturated rings. The lowest BCUT2D eigenvalue weighted by Gasteiger charge is -2.08. The highest BCUT2D eigenvalue weighted by Crippen LogP contribution is 2.29. The van der Waals surface area contributed by atoms with Gasteiger partial charge in [-0.1, -0.05) is 17.3 Å². The molecule has 0 atom stereocenters. The molecule has 6 nitrogen and oxygen atoms in total. The average Bonchev–Trinajstić information content (AvgIpc) is 2.76. The number of nitrogens with zero attached hydrogens (tertiary/aromatic N) is 5. The van der Waals surface area contributed by atoms with Gasteiger partial charge in [0.05, 0.1) is 5.56 Å². The van der Waals surface area contributed by atoms with Crippen molar-refractivity contribution in [1.82, 2.24) is 20.2 Å². The number of aromatic nitrogens is 4. The molecule has 19 heavy (non-hydrogen) atoms. The van der Waals surface area contributed by atoms with Crippen molar-refractivity contribution in [2.75, 3.05) is 0 Å². The van der Waals surface area contributed by atoms with Crippen molar-refractivity contribution >= 4 is 5.84 Å². The molecule has 0 aliphatic carbocycles. The van der Waals surface area contributed by atoms with Crippen molar-refractivity contribution in [3.05, 3.63) is 41.2 Å². The van der Waals surface area contributed by atoms with E-state index in [2.05, 4.69) is 20.7 Å². The van der Waals surface area contributed by atoms with Crippen LogP contribution in [0, 0.1) is 6.92 Å². The van der Waals surface area contributed by atoms with Gasteiger partial charge in [-0.3, -0.25) is 0 Å². The normalized spacial score (nSPS) is 12.7. The summed E-state index contributed by atoms with van der Waals surface area (Å²) in [5.41, 5.74) is -0.534. The highest BCUT2D eigenvalue weighted by Gasteiger charge is 2.30. The fraction of sp³-hybridized carbons (Fsp3) is 0.200. The van der Waals surface area contributed by atoms with Gasteiger partial charge in [0.25, 0.3) is 0 Å². The summed E-state index contributed by atoms with van der Waals surface area (Å²) in [5.74, 6) is 0.281. The van der Waals surface area contributed by atoms with Crippen molar-refractivity contribution < 1.29 is 18.4 Å². The molecule has 0 unspecified atom stereocenters. The van der Waals surface area contributed by atoms with E-state index in [-0.39, 0.29) is 11.4 Å². The highest BCUT2D eigenvalue weighted by atomic mass is 19.4. The van der Waals surface area contributed by atoms with E-state index in [1.807, 2.05) is 0 Å². The summed E-state index contributed by atoms with van der Waals surface area (Å²) >= 11 is 0.